The lowest BCUT2D eigenvalue weighted by molar-refractivity contribution is 0.0994. The van der Waals surface area contributed by atoms with Crippen molar-refractivity contribution < 1.29 is 4.79 Å². The van der Waals surface area contributed by atoms with Crippen molar-refractivity contribution in [3.63, 3.8) is 0 Å². The van der Waals surface area contributed by atoms with Gasteiger partial charge in [-0.15, -0.1) is 0 Å². The summed E-state index contributed by atoms with van der Waals surface area (Å²) in [6.45, 7) is 1.97. The van der Waals surface area contributed by atoms with E-state index in [1.54, 1.807) is 10.1 Å². The first-order valence-electron chi connectivity index (χ1n) is 3.87. The Kier molecular flexibility index (Phi) is 3.87. The maximum Gasteiger partial charge on any atom is 0.304 e. The molecule has 3 heteroatoms. The minimum absolute atomic E-state index is 0.124. The number of hydrogen-bond donors (Lipinski definition) is 0. The molecule has 0 N–H and O–H groups in total. The zero-order chi connectivity index (χ0) is 8.97. The predicted octanol–water partition coefficient (Wildman–Crippen LogP) is 1.54. The molecule has 0 aliphatic heterocycles. The van der Waals surface area contributed by atoms with E-state index in [-0.39, 0.29) is 11.0 Å². The first-order chi connectivity index (χ1) is 5.75. The van der Waals surface area contributed by atoms with Crippen molar-refractivity contribution in [1.29, 1.82) is 0 Å². The second-order valence-corrected chi connectivity index (χ2v) is 5.20. The van der Waals surface area contributed by atoms with E-state index in [1.165, 1.54) is 0 Å². The van der Waals surface area contributed by atoms with Gasteiger partial charge in [0.25, 0.3) is 0 Å². The maximum absolute atomic E-state index is 11.6. The first kappa shape index (κ1) is 9.86. The summed E-state index contributed by atoms with van der Waals surface area (Å²) in [6.07, 6.45) is 0. The molecule has 0 amide bonds. The smallest absolute Gasteiger partial charge is 0.293 e. The van der Waals surface area contributed by atoms with E-state index in [4.69, 9.17) is 0 Å². The summed E-state index contributed by atoms with van der Waals surface area (Å²) in [4.78, 5) is 11.6. The highest BCUT2D eigenvalue weighted by molar-refractivity contribution is 8.20. The van der Waals surface area contributed by atoms with Gasteiger partial charge in [0.2, 0.25) is 0 Å². The minimum Gasteiger partial charge on any atom is -0.293 e. The summed E-state index contributed by atoms with van der Waals surface area (Å²) in [5.74, 6) is 0.246. The Hall–Kier alpha value is -0.228. The number of benzene rings is 1. The van der Waals surface area contributed by atoms with Crippen LogP contribution in [-0.2, 0) is 0 Å². The number of rotatable bonds is 3. The fraction of sp³-hybridized carbons (Fsp3) is 0.222. The van der Waals surface area contributed by atoms with E-state index in [0.29, 0.717) is 0 Å². The summed E-state index contributed by atoms with van der Waals surface area (Å²) in [5, 5.41) is 0.124. The second-order valence-electron chi connectivity index (χ2n) is 2.61. The van der Waals surface area contributed by atoms with Gasteiger partial charge in [0.1, 0.15) is 0 Å². The van der Waals surface area contributed by atoms with E-state index in [9.17, 15) is 4.79 Å². The summed E-state index contributed by atoms with van der Waals surface area (Å²) < 4.78 is 0. The largest absolute Gasteiger partial charge is 0.304 e. The van der Waals surface area contributed by atoms with Crippen molar-refractivity contribution in [2.24, 2.45) is 0 Å². The molecule has 0 heterocycles. The average Bonchev–Trinajstić information content (AvgIpc) is 2.17. The monoisotopic (exact) mass is 194 g/mol. The van der Waals surface area contributed by atoms with Crippen LogP contribution in [-0.4, -0.2) is 26.2 Å². The molecule has 62 valence electrons. The third kappa shape index (κ3) is 2.38. The Morgan fingerprint density at radius 1 is 1.42 bits per heavy atom. The van der Waals surface area contributed by atoms with Crippen molar-refractivity contribution in [2.45, 2.75) is 12.2 Å². The molecule has 1 aromatic rings. The highest BCUT2D eigenvalue weighted by atomic mass is 32.3. The van der Waals surface area contributed by atoms with Crippen molar-refractivity contribution in [3.8, 4) is 0 Å². The molecular formula is C9H11AlOS. The van der Waals surface area contributed by atoms with Gasteiger partial charge in [0.15, 0.2) is 5.78 Å². The standard InChI is InChI=1S/C9H10OS.Al.2H/c1-7(11)9(10)8-5-3-2-4-6-8;;;/h2-7,11H,1H3;;;/q;+1;;/p-1. The van der Waals surface area contributed by atoms with E-state index >= 15 is 0 Å². The molecule has 0 saturated heterocycles. The molecule has 0 aliphatic rings. The SMILES string of the molecule is CC([S][AlH2])C(=O)c1ccccc1. The summed E-state index contributed by atoms with van der Waals surface area (Å²) in [5.41, 5.74) is 0.827. The van der Waals surface area contributed by atoms with E-state index in [1.807, 2.05) is 37.3 Å². The highest BCUT2D eigenvalue weighted by Gasteiger charge is 2.11. The van der Waals surface area contributed by atoms with Gasteiger partial charge in [0.05, 0.1) is 0 Å². The van der Waals surface area contributed by atoms with Crippen molar-refractivity contribution in [1.82, 2.24) is 0 Å². The van der Waals surface area contributed by atoms with Gasteiger partial charge in [-0.05, 0) is 6.92 Å². The Balaban J connectivity index is 2.79. The van der Waals surface area contributed by atoms with Gasteiger partial charge in [-0.25, -0.2) is 0 Å². The molecule has 0 bridgehead atoms. The van der Waals surface area contributed by atoms with E-state index in [0.717, 1.165) is 20.7 Å². The fourth-order valence-electron chi connectivity index (χ4n) is 0.944. The normalized spacial score (nSPS) is 12.4. The quantitative estimate of drug-likeness (QED) is 0.536. The highest BCUT2D eigenvalue weighted by Crippen LogP contribution is 2.11. The van der Waals surface area contributed by atoms with Crippen LogP contribution in [0, 0.1) is 0 Å². The molecule has 1 nitrogen and oxygen atoms in total. The molecule has 1 aromatic carbocycles. The van der Waals surface area contributed by atoms with Gasteiger partial charge in [-0.3, -0.25) is 14.9 Å². The van der Waals surface area contributed by atoms with Crippen LogP contribution >= 0.6 is 10.1 Å². The number of carbonyl (C=O) groups excluding carboxylic acids is 1. The molecule has 0 radical (unpaired) electrons. The number of carbonyl (C=O) groups is 1. The fourth-order valence-corrected chi connectivity index (χ4v) is 1.94. The topological polar surface area (TPSA) is 17.1 Å². The third-order valence-electron chi connectivity index (χ3n) is 1.78. The minimum atomic E-state index is 0.124. The van der Waals surface area contributed by atoms with Crippen LogP contribution in [0.25, 0.3) is 0 Å². The Morgan fingerprint density at radius 2 is 2.00 bits per heavy atom. The van der Waals surface area contributed by atoms with Crippen LogP contribution in [0.1, 0.15) is 17.3 Å². The Bertz CT molecular complexity index is 260. The lowest BCUT2D eigenvalue weighted by Gasteiger charge is -2.06. The molecule has 0 spiro atoms. The summed E-state index contributed by atoms with van der Waals surface area (Å²) in [7, 11) is 1.72. The van der Waals surface area contributed by atoms with Crippen LogP contribution < -0.4 is 0 Å². The second kappa shape index (κ2) is 4.71. The molecule has 12 heavy (non-hydrogen) atoms. The molecule has 1 rings (SSSR count). The van der Waals surface area contributed by atoms with Crippen LogP contribution in [0.15, 0.2) is 30.3 Å². The van der Waals surface area contributed by atoms with Gasteiger partial charge < -0.3 is 0 Å². The molecule has 0 fully saturated rings. The van der Waals surface area contributed by atoms with Crippen molar-refractivity contribution >= 4 is 31.1 Å². The molecule has 0 aromatic heterocycles. The predicted molar refractivity (Wildman–Crippen MR) is 56.4 cm³/mol. The van der Waals surface area contributed by atoms with E-state index in [2.05, 4.69) is 0 Å². The van der Waals surface area contributed by atoms with Gasteiger partial charge in [-0.1, -0.05) is 30.3 Å². The van der Waals surface area contributed by atoms with Crippen LogP contribution in [0.2, 0.25) is 0 Å². The Labute approximate surface area is 84.0 Å². The summed E-state index contributed by atoms with van der Waals surface area (Å²) >= 11 is 1.02. The van der Waals surface area contributed by atoms with Crippen LogP contribution in [0.3, 0.4) is 0 Å². The molecule has 1 unspecified atom stereocenters. The van der Waals surface area contributed by atoms with Crippen LogP contribution in [0.5, 0.6) is 0 Å². The molecule has 0 aliphatic carbocycles. The zero-order valence-electron chi connectivity index (χ0n) is 7.28. The lowest BCUT2D eigenvalue weighted by Crippen LogP contribution is -2.12. The van der Waals surface area contributed by atoms with Gasteiger partial charge in [-0.2, -0.15) is 0 Å². The first-order valence-corrected chi connectivity index (χ1v) is 7.61. The number of ketones is 1. The number of Topliss-reactive ketones (excluding diaryl/α,β-unsaturated/α-hetero) is 1. The molecule has 0 saturated carbocycles. The maximum atomic E-state index is 11.6. The van der Waals surface area contributed by atoms with E-state index < -0.39 is 0 Å². The molecule has 1 atom stereocenters. The average molecular weight is 194 g/mol. The van der Waals surface area contributed by atoms with Gasteiger partial charge in [0, 0.05) is 10.8 Å². The Morgan fingerprint density at radius 3 is 2.50 bits per heavy atom. The molecular weight excluding hydrogens is 183 g/mol. The summed E-state index contributed by atoms with van der Waals surface area (Å²) in [6, 6.07) is 9.47. The zero-order valence-corrected chi connectivity index (χ0v) is 10.1. The van der Waals surface area contributed by atoms with Gasteiger partial charge >= 0.3 is 15.2 Å². The number of hydrogen-bond acceptors (Lipinski definition) is 2. The van der Waals surface area contributed by atoms with Crippen molar-refractivity contribution in [2.75, 3.05) is 0 Å². The lowest BCUT2D eigenvalue weighted by atomic mass is 10.1. The third-order valence-corrected chi connectivity index (χ3v) is 4.82. The van der Waals surface area contributed by atoms with Crippen molar-refractivity contribution in [3.05, 3.63) is 35.9 Å². The van der Waals surface area contributed by atoms with Crippen LogP contribution in [0.4, 0.5) is 0 Å².